The Labute approximate surface area is 271 Å². The molecule has 0 aliphatic rings. The number of benzene rings is 7. The molecule has 4 nitrogen and oxygen atoms in total. The zero-order valence-corrected chi connectivity index (χ0v) is 25.3. The molecule has 7 aromatic carbocycles. The van der Waals surface area contributed by atoms with Gasteiger partial charge in [0.05, 0.1) is 5.56 Å². The van der Waals surface area contributed by atoms with Gasteiger partial charge in [-0.2, -0.15) is 0 Å². The molecule has 4 heteroatoms. The van der Waals surface area contributed by atoms with Gasteiger partial charge >= 0.3 is 0 Å². The standard InChI is InChI=1S/C43H27N3O/c1-4-12-28(13-5-1)31-20-21-33-27-34(23-22-32(33)26-31)42-44-41(30-16-8-3-9-17-30)45-43(46-42)37-25-24-35(29-14-6-2-7-15-29)39-36-18-10-11-19-38(36)47-40(37)39/h1-27H. The molecule has 47 heavy (non-hydrogen) atoms. The molecule has 0 N–H and O–H groups in total. The average molecular weight is 602 g/mol. The molecule has 0 spiro atoms. The molecule has 2 heterocycles. The van der Waals surface area contributed by atoms with Crippen LogP contribution in [0.25, 0.3) is 89.1 Å². The summed E-state index contributed by atoms with van der Waals surface area (Å²) in [5.41, 5.74) is 8.88. The van der Waals surface area contributed by atoms with Gasteiger partial charge in [-0.15, -0.1) is 0 Å². The molecule has 0 unspecified atom stereocenters. The molecule has 9 rings (SSSR count). The normalized spacial score (nSPS) is 11.4. The minimum Gasteiger partial charge on any atom is -0.455 e. The van der Waals surface area contributed by atoms with E-state index in [1.54, 1.807) is 0 Å². The minimum absolute atomic E-state index is 0.567. The quantitative estimate of drug-likeness (QED) is 0.197. The first-order valence-corrected chi connectivity index (χ1v) is 15.7. The molecule has 0 saturated carbocycles. The lowest BCUT2D eigenvalue weighted by Gasteiger charge is -2.11. The van der Waals surface area contributed by atoms with Gasteiger partial charge in [-0.25, -0.2) is 15.0 Å². The van der Waals surface area contributed by atoms with Crippen LogP contribution >= 0.6 is 0 Å². The van der Waals surface area contributed by atoms with Crippen molar-refractivity contribution in [1.82, 2.24) is 15.0 Å². The maximum absolute atomic E-state index is 6.60. The van der Waals surface area contributed by atoms with Crippen LogP contribution in [-0.2, 0) is 0 Å². The van der Waals surface area contributed by atoms with E-state index in [0.717, 1.165) is 60.5 Å². The van der Waals surface area contributed by atoms with Gasteiger partial charge in [0.15, 0.2) is 17.5 Å². The molecule has 2 aromatic heterocycles. The van der Waals surface area contributed by atoms with Gasteiger partial charge < -0.3 is 4.42 Å². The highest BCUT2D eigenvalue weighted by Gasteiger charge is 2.20. The lowest BCUT2D eigenvalue weighted by Crippen LogP contribution is -2.00. The Morgan fingerprint density at radius 2 is 0.894 bits per heavy atom. The second-order valence-corrected chi connectivity index (χ2v) is 11.6. The Morgan fingerprint density at radius 3 is 1.62 bits per heavy atom. The van der Waals surface area contributed by atoms with Crippen LogP contribution in [0.3, 0.4) is 0 Å². The number of para-hydroxylation sites is 1. The fraction of sp³-hybridized carbons (Fsp3) is 0. The van der Waals surface area contributed by atoms with E-state index in [1.807, 2.05) is 54.6 Å². The third-order valence-corrected chi connectivity index (χ3v) is 8.72. The van der Waals surface area contributed by atoms with Crippen molar-refractivity contribution in [1.29, 1.82) is 0 Å². The summed E-state index contributed by atoms with van der Waals surface area (Å²) < 4.78 is 6.60. The Morgan fingerprint density at radius 1 is 0.362 bits per heavy atom. The second kappa shape index (κ2) is 11.2. The largest absolute Gasteiger partial charge is 0.455 e. The summed E-state index contributed by atoms with van der Waals surface area (Å²) in [5, 5.41) is 4.39. The van der Waals surface area contributed by atoms with Crippen LogP contribution in [0, 0.1) is 0 Å². The summed E-state index contributed by atoms with van der Waals surface area (Å²) in [6.45, 7) is 0. The van der Waals surface area contributed by atoms with E-state index in [1.165, 1.54) is 11.1 Å². The van der Waals surface area contributed by atoms with Gasteiger partial charge in [-0.3, -0.25) is 0 Å². The van der Waals surface area contributed by atoms with Crippen molar-refractivity contribution < 1.29 is 4.42 Å². The second-order valence-electron chi connectivity index (χ2n) is 11.6. The zero-order valence-electron chi connectivity index (χ0n) is 25.3. The van der Waals surface area contributed by atoms with Crippen molar-refractivity contribution in [2.75, 3.05) is 0 Å². The van der Waals surface area contributed by atoms with Crippen molar-refractivity contribution in [3.63, 3.8) is 0 Å². The van der Waals surface area contributed by atoms with E-state index in [2.05, 4.69) is 109 Å². The highest BCUT2D eigenvalue weighted by molar-refractivity contribution is 6.16. The average Bonchev–Trinajstić information content (AvgIpc) is 3.55. The Kier molecular flexibility index (Phi) is 6.43. The van der Waals surface area contributed by atoms with Crippen LogP contribution in [0.15, 0.2) is 168 Å². The Balaban J connectivity index is 1.24. The van der Waals surface area contributed by atoms with Crippen LogP contribution in [-0.4, -0.2) is 15.0 Å². The van der Waals surface area contributed by atoms with Crippen molar-refractivity contribution in [2.45, 2.75) is 0 Å². The first kappa shape index (κ1) is 27.0. The van der Waals surface area contributed by atoms with Crippen molar-refractivity contribution in [2.24, 2.45) is 0 Å². The maximum atomic E-state index is 6.60. The zero-order chi connectivity index (χ0) is 31.2. The predicted octanol–water partition coefficient (Wildman–Crippen LogP) is 11.3. The van der Waals surface area contributed by atoms with E-state index in [0.29, 0.717) is 17.5 Å². The summed E-state index contributed by atoms with van der Waals surface area (Å²) >= 11 is 0. The maximum Gasteiger partial charge on any atom is 0.167 e. The smallest absolute Gasteiger partial charge is 0.167 e. The summed E-state index contributed by atoms with van der Waals surface area (Å²) in [4.78, 5) is 15.2. The third-order valence-electron chi connectivity index (χ3n) is 8.72. The molecular weight excluding hydrogens is 574 g/mol. The van der Waals surface area contributed by atoms with Crippen molar-refractivity contribution >= 4 is 32.7 Å². The predicted molar refractivity (Wildman–Crippen MR) is 192 cm³/mol. The first-order valence-electron chi connectivity index (χ1n) is 15.7. The number of hydrogen-bond acceptors (Lipinski definition) is 4. The van der Waals surface area contributed by atoms with Crippen LogP contribution in [0.4, 0.5) is 0 Å². The van der Waals surface area contributed by atoms with Gasteiger partial charge in [-0.05, 0) is 57.3 Å². The Bertz CT molecular complexity index is 2560. The molecule has 0 aliphatic carbocycles. The third kappa shape index (κ3) is 4.84. The van der Waals surface area contributed by atoms with E-state index >= 15 is 0 Å². The van der Waals surface area contributed by atoms with Crippen molar-refractivity contribution in [3.05, 3.63) is 164 Å². The highest BCUT2D eigenvalue weighted by Crippen LogP contribution is 2.41. The number of rotatable bonds is 5. The molecule has 0 aliphatic heterocycles. The number of fused-ring (bicyclic) bond motifs is 4. The van der Waals surface area contributed by atoms with Crippen LogP contribution in [0.5, 0.6) is 0 Å². The van der Waals surface area contributed by atoms with Gasteiger partial charge in [0.1, 0.15) is 11.2 Å². The Hall–Kier alpha value is -6.39. The number of nitrogens with zero attached hydrogens (tertiary/aromatic N) is 3. The number of aromatic nitrogens is 3. The van der Waals surface area contributed by atoms with Gasteiger partial charge in [0.25, 0.3) is 0 Å². The molecule has 9 aromatic rings. The monoisotopic (exact) mass is 601 g/mol. The molecule has 0 fully saturated rings. The van der Waals surface area contributed by atoms with Gasteiger partial charge in [0.2, 0.25) is 0 Å². The van der Waals surface area contributed by atoms with E-state index < -0.39 is 0 Å². The van der Waals surface area contributed by atoms with Crippen LogP contribution < -0.4 is 0 Å². The lowest BCUT2D eigenvalue weighted by atomic mass is 9.97. The van der Waals surface area contributed by atoms with Crippen LogP contribution in [0.1, 0.15) is 0 Å². The van der Waals surface area contributed by atoms with Gasteiger partial charge in [0, 0.05) is 21.9 Å². The summed E-state index contributed by atoms with van der Waals surface area (Å²) in [6, 6.07) is 56.3. The number of hydrogen-bond donors (Lipinski definition) is 0. The van der Waals surface area contributed by atoms with E-state index in [-0.39, 0.29) is 0 Å². The lowest BCUT2D eigenvalue weighted by molar-refractivity contribution is 0.669. The molecule has 0 saturated heterocycles. The fourth-order valence-electron chi connectivity index (χ4n) is 6.40. The number of furan rings is 1. The van der Waals surface area contributed by atoms with E-state index in [4.69, 9.17) is 19.4 Å². The fourth-order valence-corrected chi connectivity index (χ4v) is 6.40. The summed E-state index contributed by atoms with van der Waals surface area (Å²) in [6.07, 6.45) is 0. The summed E-state index contributed by atoms with van der Waals surface area (Å²) in [5.74, 6) is 1.79. The molecule has 0 radical (unpaired) electrons. The topological polar surface area (TPSA) is 51.8 Å². The molecule has 0 atom stereocenters. The summed E-state index contributed by atoms with van der Waals surface area (Å²) in [7, 11) is 0. The minimum atomic E-state index is 0.567. The molecule has 220 valence electrons. The SMILES string of the molecule is c1ccc(-c2ccc3cc(-c4nc(-c5ccccc5)nc(-c5ccc(-c6ccccc6)c6c5oc5ccccc56)n4)ccc3c2)cc1. The first-order chi connectivity index (χ1) is 23.3. The molecular formula is C43H27N3O. The van der Waals surface area contributed by atoms with Gasteiger partial charge in [-0.1, -0.05) is 140 Å². The molecule has 0 bridgehead atoms. The van der Waals surface area contributed by atoms with Crippen molar-refractivity contribution in [3.8, 4) is 56.4 Å². The molecule has 0 amide bonds. The van der Waals surface area contributed by atoms with E-state index in [9.17, 15) is 0 Å². The van der Waals surface area contributed by atoms with Crippen LogP contribution in [0.2, 0.25) is 0 Å². The highest BCUT2D eigenvalue weighted by atomic mass is 16.3.